The van der Waals surface area contributed by atoms with Crippen molar-refractivity contribution in [2.45, 2.75) is 52.4 Å². The molecule has 27 heavy (non-hydrogen) atoms. The Kier molecular flexibility index (Phi) is 6.01. The van der Waals surface area contributed by atoms with Gasteiger partial charge in [-0.2, -0.15) is 0 Å². The second-order valence-corrected chi connectivity index (χ2v) is 7.84. The molecule has 2 unspecified atom stereocenters. The number of hydrogen-bond acceptors (Lipinski definition) is 1. The van der Waals surface area contributed by atoms with Gasteiger partial charge < -0.3 is 5.11 Å². The van der Waals surface area contributed by atoms with Crippen molar-refractivity contribution < 1.29 is 5.11 Å². The van der Waals surface area contributed by atoms with Crippen molar-refractivity contribution in [2.75, 3.05) is 0 Å². The second kappa shape index (κ2) is 8.43. The topological polar surface area (TPSA) is 20.2 Å². The van der Waals surface area contributed by atoms with Crippen LogP contribution < -0.4 is 0 Å². The molecule has 3 aromatic rings. The molecule has 0 aromatic heterocycles. The monoisotopic (exact) mass is 358 g/mol. The molecule has 1 heteroatoms. The summed E-state index contributed by atoms with van der Waals surface area (Å²) in [6.45, 7) is 8.83. The summed E-state index contributed by atoms with van der Waals surface area (Å²) in [7, 11) is 0. The van der Waals surface area contributed by atoms with Crippen LogP contribution in [0.2, 0.25) is 0 Å². The van der Waals surface area contributed by atoms with E-state index in [0.717, 1.165) is 18.4 Å². The highest BCUT2D eigenvalue weighted by atomic mass is 16.3. The van der Waals surface area contributed by atoms with Gasteiger partial charge in [-0.1, -0.05) is 74.5 Å². The Morgan fingerprint density at radius 1 is 0.667 bits per heavy atom. The van der Waals surface area contributed by atoms with Crippen LogP contribution in [0, 0.1) is 13.8 Å². The van der Waals surface area contributed by atoms with Gasteiger partial charge in [-0.25, -0.2) is 0 Å². The van der Waals surface area contributed by atoms with E-state index in [1.54, 1.807) is 0 Å². The van der Waals surface area contributed by atoms with E-state index in [1.807, 2.05) is 12.1 Å². The molecule has 140 valence electrons. The van der Waals surface area contributed by atoms with Crippen molar-refractivity contribution in [2.24, 2.45) is 0 Å². The van der Waals surface area contributed by atoms with Crippen LogP contribution >= 0.6 is 0 Å². The number of hydrogen-bond donors (Lipinski definition) is 1. The predicted molar refractivity (Wildman–Crippen MR) is 115 cm³/mol. The second-order valence-electron chi connectivity index (χ2n) is 7.84. The fourth-order valence-electron chi connectivity index (χ4n) is 4.09. The molecule has 0 aliphatic carbocycles. The molecule has 0 heterocycles. The van der Waals surface area contributed by atoms with Gasteiger partial charge in [0.15, 0.2) is 0 Å². The van der Waals surface area contributed by atoms with Crippen molar-refractivity contribution >= 4 is 0 Å². The first-order chi connectivity index (χ1) is 13.0. The number of phenolic OH excluding ortho intramolecular Hbond substituents is 1. The zero-order valence-electron chi connectivity index (χ0n) is 16.9. The lowest BCUT2D eigenvalue weighted by Gasteiger charge is -2.23. The third-order valence-electron chi connectivity index (χ3n) is 5.72. The van der Waals surface area contributed by atoms with Crippen molar-refractivity contribution in [1.82, 2.24) is 0 Å². The standard InChI is InChI=1S/C26H30O/c1-18-10-5-7-12-22(18)16-20(3)24-14-9-15-25(27)26(24)21(4)17-23-13-8-6-11-19(23)2/h5-15,20-21,27H,16-17H2,1-4H3. The fraction of sp³-hybridized carbons (Fsp3) is 0.308. The van der Waals surface area contributed by atoms with E-state index < -0.39 is 0 Å². The van der Waals surface area contributed by atoms with Gasteiger partial charge in [-0.05, 0) is 72.4 Å². The van der Waals surface area contributed by atoms with E-state index in [-0.39, 0.29) is 5.92 Å². The maximum Gasteiger partial charge on any atom is 0.119 e. The zero-order chi connectivity index (χ0) is 19.4. The molecule has 0 spiro atoms. The fourth-order valence-corrected chi connectivity index (χ4v) is 4.09. The summed E-state index contributed by atoms with van der Waals surface area (Å²) in [6.07, 6.45) is 1.93. The van der Waals surface area contributed by atoms with Gasteiger partial charge in [0.05, 0.1) is 0 Å². The summed E-state index contributed by atoms with van der Waals surface area (Å²) >= 11 is 0. The first-order valence-electron chi connectivity index (χ1n) is 9.88. The summed E-state index contributed by atoms with van der Waals surface area (Å²) in [4.78, 5) is 0. The van der Waals surface area contributed by atoms with Gasteiger partial charge in [0.2, 0.25) is 0 Å². The third kappa shape index (κ3) is 4.42. The van der Waals surface area contributed by atoms with Crippen LogP contribution in [0.1, 0.15) is 59.1 Å². The molecule has 0 amide bonds. The zero-order valence-corrected chi connectivity index (χ0v) is 16.9. The Hall–Kier alpha value is -2.54. The lowest BCUT2D eigenvalue weighted by Crippen LogP contribution is -2.08. The third-order valence-corrected chi connectivity index (χ3v) is 5.72. The van der Waals surface area contributed by atoms with Crippen LogP contribution in [-0.2, 0) is 12.8 Å². The number of phenols is 1. The molecule has 1 N–H and O–H groups in total. The Morgan fingerprint density at radius 2 is 1.19 bits per heavy atom. The lowest BCUT2D eigenvalue weighted by molar-refractivity contribution is 0.459. The SMILES string of the molecule is Cc1ccccc1CC(C)c1cccc(O)c1C(C)Cc1ccccc1C. The normalized spacial score (nSPS) is 13.3. The van der Waals surface area contributed by atoms with E-state index in [1.165, 1.54) is 27.8 Å². The Morgan fingerprint density at radius 3 is 1.74 bits per heavy atom. The Bertz CT molecular complexity index is 910. The highest BCUT2D eigenvalue weighted by molar-refractivity contribution is 5.45. The van der Waals surface area contributed by atoms with Crippen LogP contribution in [0.4, 0.5) is 0 Å². The molecule has 3 rings (SSSR count). The summed E-state index contributed by atoms with van der Waals surface area (Å²) in [6, 6.07) is 23.1. The van der Waals surface area contributed by atoms with Crippen molar-refractivity contribution in [3.63, 3.8) is 0 Å². The molecule has 2 atom stereocenters. The molecule has 1 nitrogen and oxygen atoms in total. The van der Waals surface area contributed by atoms with Gasteiger partial charge in [0.1, 0.15) is 5.75 Å². The summed E-state index contributed by atoms with van der Waals surface area (Å²) in [5.74, 6) is 1.04. The highest BCUT2D eigenvalue weighted by Crippen LogP contribution is 2.37. The predicted octanol–water partition coefficient (Wildman–Crippen LogP) is 6.70. The quantitative estimate of drug-likeness (QED) is 0.520. The van der Waals surface area contributed by atoms with Gasteiger partial charge in [-0.3, -0.25) is 0 Å². The molecule has 0 radical (unpaired) electrons. The van der Waals surface area contributed by atoms with E-state index in [0.29, 0.717) is 11.7 Å². The number of aromatic hydroxyl groups is 1. The number of aryl methyl sites for hydroxylation is 2. The summed E-state index contributed by atoms with van der Waals surface area (Å²) in [5.41, 5.74) is 7.74. The molecule has 0 fully saturated rings. The Balaban J connectivity index is 1.90. The van der Waals surface area contributed by atoms with E-state index in [4.69, 9.17) is 0 Å². The van der Waals surface area contributed by atoms with Gasteiger partial charge >= 0.3 is 0 Å². The smallest absolute Gasteiger partial charge is 0.119 e. The molecule has 0 bridgehead atoms. The molecule has 0 aliphatic heterocycles. The van der Waals surface area contributed by atoms with Gasteiger partial charge in [-0.15, -0.1) is 0 Å². The van der Waals surface area contributed by atoms with Crippen molar-refractivity contribution in [3.8, 4) is 5.75 Å². The first-order valence-corrected chi connectivity index (χ1v) is 9.88. The van der Waals surface area contributed by atoms with Crippen LogP contribution in [0.15, 0.2) is 66.7 Å². The van der Waals surface area contributed by atoms with Gasteiger partial charge in [0, 0.05) is 5.56 Å². The van der Waals surface area contributed by atoms with E-state index in [2.05, 4.69) is 82.3 Å². The summed E-state index contributed by atoms with van der Waals surface area (Å²) < 4.78 is 0. The average molecular weight is 359 g/mol. The van der Waals surface area contributed by atoms with Crippen LogP contribution in [0.5, 0.6) is 5.75 Å². The van der Waals surface area contributed by atoms with Gasteiger partial charge in [0.25, 0.3) is 0 Å². The maximum atomic E-state index is 10.7. The minimum absolute atomic E-state index is 0.265. The number of benzene rings is 3. The van der Waals surface area contributed by atoms with Crippen LogP contribution in [-0.4, -0.2) is 5.11 Å². The maximum absolute atomic E-state index is 10.7. The van der Waals surface area contributed by atoms with E-state index >= 15 is 0 Å². The average Bonchev–Trinajstić information content (AvgIpc) is 2.65. The Labute approximate surface area is 163 Å². The minimum atomic E-state index is 0.265. The molecular weight excluding hydrogens is 328 g/mol. The number of rotatable bonds is 6. The van der Waals surface area contributed by atoms with Crippen LogP contribution in [0.25, 0.3) is 0 Å². The highest BCUT2D eigenvalue weighted by Gasteiger charge is 2.20. The molecule has 0 saturated carbocycles. The molecule has 0 aliphatic rings. The van der Waals surface area contributed by atoms with Crippen molar-refractivity contribution in [3.05, 3.63) is 100 Å². The van der Waals surface area contributed by atoms with Crippen molar-refractivity contribution in [1.29, 1.82) is 0 Å². The van der Waals surface area contributed by atoms with Crippen LogP contribution in [0.3, 0.4) is 0 Å². The van der Waals surface area contributed by atoms with E-state index in [9.17, 15) is 5.11 Å². The molecule has 3 aromatic carbocycles. The lowest BCUT2D eigenvalue weighted by atomic mass is 9.82. The summed E-state index contributed by atoms with van der Waals surface area (Å²) in [5, 5.41) is 10.7. The first kappa shape index (κ1) is 19.2. The minimum Gasteiger partial charge on any atom is -0.508 e. The molecule has 0 saturated heterocycles. The largest absolute Gasteiger partial charge is 0.508 e. The molecular formula is C26H30O.